The molecule has 0 spiro atoms. The minimum Gasteiger partial charge on any atom is -0.366 e. The van der Waals surface area contributed by atoms with Crippen molar-refractivity contribution < 1.29 is 73.2 Å². The van der Waals surface area contributed by atoms with Gasteiger partial charge in [0.2, 0.25) is 0 Å². The minimum absolute atomic E-state index is 0.00645. The number of hydrogen-bond acceptors (Lipinski definition) is 8. The number of carbonyl (C=O) groups is 4. The van der Waals surface area contributed by atoms with E-state index in [1.165, 1.54) is 48.5 Å². The highest BCUT2D eigenvalue weighted by Crippen LogP contribution is 2.42. The molecule has 5 rings (SSSR count). The van der Waals surface area contributed by atoms with Gasteiger partial charge in [-0.05, 0) is 140 Å². The summed E-state index contributed by atoms with van der Waals surface area (Å²) in [6, 6.07) is 13.1. The molecule has 500 valence electrons. The van der Waals surface area contributed by atoms with Gasteiger partial charge in [0.15, 0.2) is 23.1 Å². The zero-order chi connectivity index (χ0) is 68.4. The van der Waals surface area contributed by atoms with Crippen LogP contribution in [0.3, 0.4) is 0 Å². The fourth-order valence-electron chi connectivity index (χ4n) is 9.65. The summed E-state index contributed by atoms with van der Waals surface area (Å²) < 4.78 is 128. The van der Waals surface area contributed by atoms with Crippen LogP contribution < -0.4 is 0 Å². The van der Waals surface area contributed by atoms with E-state index in [4.69, 9.17) is 18.9 Å². The predicted octanol–water partition coefficient (Wildman–Crippen LogP) is 19.6. The summed E-state index contributed by atoms with van der Waals surface area (Å²) in [6.45, 7) is 41.9. The van der Waals surface area contributed by atoms with E-state index in [1.54, 1.807) is 0 Å². The summed E-state index contributed by atoms with van der Waals surface area (Å²) in [4.78, 5) is 49.8. The first-order chi connectivity index (χ1) is 40.5. The van der Waals surface area contributed by atoms with Crippen molar-refractivity contribution in [2.75, 3.05) is 0 Å². The van der Waals surface area contributed by atoms with Gasteiger partial charge < -0.3 is 18.9 Å². The lowest BCUT2D eigenvalue weighted by molar-refractivity contribution is -0.141. The molecule has 1 aliphatic carbocycles. The van der Waals surface area contributed by atoms with E-state index in [9.17, 15) is 54.3 Å². The van der Waals surface area contributed by atoms with Crippen LogP contribution in [0.4, 0.5) is 35.1 Å². The Morgan fingerprint density at radius 3 is 0.944 bits per heavy atom. The SMILES string of the molecule is CC(C)(C)CC(=O)C(CC(C)(C)C)OCc1cc(F)cc(F)c1.CC(C)(C)CC(=O)C(OCc1cc(F)cc(F)c1)C(C)(C)C.CC(C)C(OCc1cc(F)cc(F)c1)C(=O)CC(C)(C)C.CC1CC1CC(OCc1cc(F)cc(F)c1)C(=O)CC(C)(C)C. The highest BCUT2D eigenvalue weighted by Gasteiger charge is 2.38. The fraction of sp³-hybridized carbons (Fsp3) is 0.616. The van der Waals surface area contributed by atoms with Crippen molar-refractivity contribution in [3.05, 3.63) is 142 Å². The van der Waals surface area contributed by atoms with Gasteiger partial charge in [-0.25, -0.2) is 35.1 Å². The summed E-state index contributed by atoms with van der Waals surface area (Å²) in [5, 5.41) is 0. The molecule has 0 amide bonds. The molecule has 0 N–H and O–H groups in total. The number of ketones is 4. The molecule has 1 fully saturated rings. The molecule has 8 nitrogen and oxygen atoms in total. The Balaban J connectivity index is 0.000000405. The Kier molecular flexibility index (Phi) is 31.0. The molecule has 16 heteroatoms. The molecule has 1 aliphatic rings. The van der Waals surface area contributed by atoms with Crippen molar-refractivity contribution in [2.45, 2.75) is 241 Å². The van der Waals surface area contributed by atoms with E-state index in [-0.39, 0.29) is 88.0 Å². The second-order valence-corrected chi connectivity index (χ2v) is 31.5. The Morgan fingerprint density at radius 1 is 0.393 bits per heavy atom. The summed E-state index contributed by atoms with van der Waals surface area (Å²) in [5.74, 6) is -3.81. The molecule has 0 radical (unpaired) electrons. The van der Waals surface area contributed by atoms with Gasteiger partial charge in [-0.2, -0.15) is 0 Å². The third-order valence-corrected chi connectivity index (χ3v) is 13.6. The van der Waals surface area contributed by atoms with Gasteiger partial charge in [-0.1, -0.05) is 145 Å². The van der Waals surface area contributed by atoms with Gasteiger partial charge >= 0.3 is 0 Å². The molecule has 1 saturated carbocycles. The molecular formula is C73H104F8O8. The summed E-state index contributed by atoms with van der Waals surface area (Å²) in [6.07, 6.45) is 1.82. The van der Waals surface area contributed by atoms with Gasteiger partial charge in [0.05, 0.1) is 26.4 Å². The normalized spacial score (nSPS) is 15.9. The van der Waals surface area contributed by atoms with E-state index in [1.807, 2.05) is 138 Å². The number of rotatable bonds is 24. The lowest BCUT2D eigenvalue weighted by atomic mass is 9.80. The first-order valence-corrected chi connectivity index (χ1v) is 30.8. The number of hydrogen-bond donors (Lipinski definition) is 0. The summed E-state index contributed by atoms with van der Waals surface area (Å²) in [7, 11) is 0. The average molecular weight is 1260 g/mol. The van der Waals surface area contributed by atoms with Crippen LogP contribution in [0.1, 0.15) is 213 Å². The van der Waals surface area contributed by atoms with Crippen LogP contribution in [0.2, 0.25) is 0 Å². The summed E-state index contributed by atoms with van der Waals surface area (Å²) in [5.41, 5.74) is 0.662. The maximum Gasteiger partial charge on any atom is 0.162 e. The number of ether oxygens (including phenoxy) is 4. The van der Waals surface area contributed by atoms with Crippen molar-refractivity contribution >= 4 is 23.1 Å². The molecule has 0 heterocycles. The van der Waals surface area contributed by atoms with Crippen LogP contribution in [0, 0.1) is 96.8 Å². The van der Waals surface area contributed by atoms with Crippen molar-refractivity contribution in [3.8, 4) is 0 Å². The minimum atomic E-state index is -0.646. The highest BCUT2D eigenvalue weighted by molar-refractivity contribution is 5.85. The van der Waals surface area contributed by atoms with Crippen molar-refractivity contribution in [3.63, 3.8) is 0 Å². The second kappa shape index (κ2) is 34.5. The van der Waals surface area contributed by atoms with Crippen LogP contribution in [0.25, 0.3) is 0 Å². The molecular weight excluding hydrogens is 1160 g/mol. The van der Waals surface area contributed by atoms with Gasteiger partial charge in [0.1, 0.15) is 71.0 Å². The van der Waals surface area contributed by atoms with Crippen LogP contribution in [-0.4, -0.2) is 47.5 Å². The molecule has 0 saturated heterocycles. The second-order valence-electron chi connectivity index (χ2n) is 31.5. The Bertz CT molecular complexity index is 2820. The Labute approximate surface area is 527 Å². The average Bonchev–Trinajstić information content (AvgIpc) is 2.06. The van der Waals surface area contributed by atoms with Crippen molar-refractivity contribution in [1.82, 2.24) is 0 Å². The third kappa shape index (κ3) is 35.3. The molecule has 89 heavy (non-hydrogen) atoms. The lowest BCUT2D eigenvalue weighted by Gasteiger charge is -2.31. The molecule has 0 aliphatic heterocycles. The number of halogens is 8. The van der Waals surface area contributed by atoms with E-state index in [0.29, 0.717) is 72.6 Å². The van der Waals surface area contributed by atoms with Crippen LogP contribution >= 0.6 is 0 Å². The highest BCUT2D eigenvalue weighted by atomic mass is 19.2. The topological polar surface area (TPSA) is 105 Å². The standard InChI is InChI=1S/C19H26F2O2.C19H28F2O2.C18H26F2O2.C17H24F2O2/c1-12-5-14(12)8-18(17(22)10-19(2,3)4)23-11-13-6-15(20)9-16(21)7-13;1-18(2,3)10-16(22)17(11-19(4,5)6)23-12-13-7-14(20)9-15(21)8-13;1-17(2,3)10-15(21)16(18(4,5)6)22-11-12-7-13(19)9-14(20)8-12;1-11(2)16(15(20)9-17(3,4)5)21-10-12-6-13(18)8-14(19)7-12/h6-7,9,12,14,18H,5,8,10-11H2,1-4H3;7-9,17H,10-12H2,1-6H3;7-9,16H,10-11H2,1-6H3;6-8,11,16H,9-10H2,1-5H3. The van der Waals surface area contributed by atoms with Gasteiger partial charge in [-0.15, -0.1) is 0 Å². The van der Waals surface area contributed by atoms with Gasteiger partial charge in [0.25, 0.3) is 0 Å². The zero-order valence-electron chi connectivity index (χ0n) is 57.0. The van der Waals surface area contributed by atoms with E-state index < -0.39 is 71.0 Å². The first kappa shape index (κ1) is 79.9. The zero-order valence-corrected chi connectivity index (χ0v) is 57.0. The predicted molar refractivity (Wildman–Crippen MR) is 336 cm³/mol. The van der Waals surface area contributed by atoms with Crippen molar-refractivity contribution in [2.24, 2.45) is 50.2 Å². The number of carbonyl (C=O) groups excluding carboxylic acids is 4. The van der Waals surface area contributed by atoms with Crippen LogP contribution in [0.15, 0.2) is 72.8 Å². The van der Waals surface area contributed by atoms with E-state index in [0.717, 1.165) is 30.7 Å². The Hall–Kier alpha value is -5.16. The molecule has 6 unspecified atom stereocenters. The monoisotopic (exact) mass is 1260 g/mol. The number of benzene rings is 4. The molecule has 4 aromatic carbocycles. The Morgan fingerprint density at radius 2 is 0.663 bits per heavy atom. The lowest BCUT2D eigenvalue weighted by Crippen LogP contribution is -2.38. The molecule has 0 bridgehead atoms. The molecule has 0 aromatic heterocycles. The smallest absolute Gasteiger partial charge is 0.162 e. The fourth-order valence-corrected chi connectivity index (χ4v) is 9.65. The largest absolute Gasteiger partial charge is 0.366 e. The van der Waals surface area contributed by atoms with Crippen LogP contribution in [0.5, 0.6) is 0 Å². The molecule has 6 atom stereocenters. The van der Waals surface area contributed by atoms with Gasteiger partial charge in [-0.3, -0.25) is 19.2 Å². The third-order valence-electron chi connectivity index (χ3n) is 13.6. The first-order valence-electron chi connectivity index (χ1n) is 30.8. The number of Topliss-reactive ketones (excluding diaryl/α,β-unsaturated/α-hetero) is 4. The maximum absolute atomic E-state index is 13.2. The van der Waals surface area contributed by atoms with E-state index >= 15 is 0 Å². The van der Waals surface area contributed by atoms with Crippen LogP contribution in [-0.2, 0) is 64.6 Å². The molecule has 4 aromatic rings. The maximum atomic E-state index is 13.2. The summed E-state index contributed by atoms with van der Waals surface area (Å²) >= 11 is 0. The van der Waals surface area contributed by atoms with Gasteiger partial charge in [0, 0.05) is 49.9 Å². The van der Waals surface area contributed by atoms with E-state index in [2.05, 4.69) is 6.92 Å². The van der Waals surface area contributed by atoms with Crippen molar-refractivity contribution in [1.29, 1.82) is 0 Å². The quantitative estimate of drug-likeness (QED) is 0.0639.